The number of rotatable bonds is 7. The van der Waals surface area contributed by atoms with Crippen LogP contribution in [0, 0.1) is 0 Å². The van der Waals surface area contributed by atoms with E-state index in [9.17, 15) is 4.79 Å². The van der Waals surface area contributed by atoms with E-state index >= 15 is 0 Å². The third-order valence-corrected chi connectivity index (χ3v) is 5.70. The Balaban J connectivity index is 1.50. The lowest BCUT2D eigenvalue weighted by Crippen LogP contribution is -2.30. The number of carbonyl (C=O) groups excluding carboxylic acids is 1. The van der Waals surface area contributed by atoms with Crippen molar-refractivity contribution in [1.82, 2.24) is 10.3 Å². The predicted octanol–water partition coefficient (Wildman–Crippen LogP) is 5.59. The van der Waals surface area contributed by atoms with Gasteiger partial charge < -0.3 is 9.73 Å². The fraction of sp³-hybridized carbons (Fsp3) is 0.200. The molecule has 0 aliphatic heterocycles. The molecular weight excluding hydrogens is 403 g/mol. The third-order valence-electron chi connectivity index (χ3n) is 3.90. The van der Waals surface area contributed by atoms with Crippen LogP contribution in [0.4, 0.5) is 0 Å². The molecule has 1 N–H and O–H groups in total. The molecule has 27 heavy (non-hydrogen) atoms. The lowest BCUT2D eigenvalue weighted by atomic mass is 10.2. The zero-order valence-electron chi connectivity index (χ0n) is 14.6. The number of thioether (sulfide) groups is 1. The monoisotopic (exact) mass is 420 g/mol. The third kappa shape index (κ3) is 5.51. The van der Waals surface area contributed by atoms with E-state index in [4.69, 9.17) is 27.6 Å². The molecule has 1 aromatic heterocycles. The van der Waals surface area contributed by atoms with Gasteiger partial charge in [-0.3, -0.25) is 4.79 Å². The molecule has 3 rings (SSSR count). The van der Waals surface area contributed by atoms with Gasteiger partial charge in [-0.1, -0.05) is 41.4 Å². The van der Waals surface area contributed by atoms with Gasteiger partial charge in [0.2, 0.25) is 11.8 Å². The topological polar surface area (TPSA) is 55.1 Å². The van der Waals surface area contributed by atoms with Crippen LogP contribution in [0.25, 0.3) is 11.5 Å². The number of carbonyl (C=O) groups is 1. The van der Waals surface area contributed by atoms with Crippen LogP contribution in [0.5, 0.6) is 0 Å². The molecule has 1 heterocycles. The minimum absolute atomic E-state index is 0.0404. The minimum atomic E-state index is -0.219. The minimum Gasteiger partial charge on any atom is -0.444 e. The van der Waals surface area contributed by atoms with Crippen molar-refractivity contribution >= 4 is 40.9 Å². The molecule has 3 aromatic rings. The Labute approximate surface area is 172 Å². The molecule has 0 spiro atoms. The molecule has 4 nitrogen and oxygen atoms in total. The van der Waals surface area contributed by atoms with Crippen molar-refractivity contribution in [2.75, 3.05) is 0 Å². The fourth-order valence-electron chi connectivity index (χ4n) is 2.35. The molecule has 0 aliphatic carbocycles. The number of aromatic nitrogens is 1. The standard InChI is InChI=1S/C20H18Cl2N2O2S/c1-13(19(25)23-10-15-4-2-3-5-18(15)22)27-12-17-11-26-20(24-17)14-6-8-16(21)9-7-14/h2-9,11,13H,10,12H2,1H3,(H,23,25)/t13-/m0/s1. The molecular formula is C20H18Cl2N2O2S. The molecule has 1 atom stereocenters. The van der Waals surface area contributed by atoms with Gasteiger partial charge in [0.15, 0.2) is 0 Å². The number of halogens is 2. The Morgan fingerprint density at radius 3 is 2.67 bits per heavy atom. The highest BCUT2D eigenvalue weighted by Crippen LogP contribution is 2.24. The Hall–Kier alpha value is -1.95. The average Bonchev–Trinajstić information content (AvgIpc) is 3.15. The van der Waals surface area contributed by atoms with E-state index in [0.717, 1.165) is 16.8 Å². The van der Waals surface area contributed by atoms with Gasteiger partial charge in [-0.25, -0.2) is 4.98 Å². The highest BCUT2D eigenvalue weighted by molar-refractivity contribution is 7.99. The van der Waals surface area contributed by atoms with E-state index in [2.05, 4.69) is 10.3 Å². The van der Waals surface area contributed by atoms with E-state index < -0.39 is 0 Å². The van der Waals surface area contributed by atoms with Crippen LogP contribution in [-0.4, -0.2) is 16.1 Å². The zero-order chi connectivity index (χ0) is 19.2. The first-order valence-electron chi connectivity index (χ1n) is 8.36. The number of amides is 1. The Kier molecular flexibility index (Phi) is 6.83. The summed E-state index contributed by atoms with van der Waals surface area (Å²) in [5.74, 6) is 1.08. The van der Waals surface area contributed by atoms with E-state index in [1.165, 1.54) is 11.8 Å². The summed E-state index contributed by atoms with van der Waals surface area (Å²) in [6.45, 7) is 2.28. The number of benzene rings is 2. The number of oxazole rings is 1. The summed E-state index contributed by atoms with van der Waals surface area (Å²) in [7, 11) is 0. The molecule has 0 fully saturated rings. The number of hydrogen-bond donors (Lipinski definition) is 1. The second-order valence-corrected chi connectivity index (χ2v) is 8.09. The lowest BCUT2D eigenvalue weighted by molar-refractivity contribution is -0.120. The molecule has 0 bridgehead atoms. The van der Waals surface area contributed by atoms with Crippen molar-refractivity contribution < 1.29 is 9.21 Å². The Bertz CT molecular complexity index is 912. The normalized spacial score (nSPS) is 12.0. The van der Waals surface area contributed by atoms with Gasteiger partial charge in [0.25, 0.3) is 0 Å². The van der Waals surface area contributed by atoms with Crippen molar-refractivity contribution in [3.8, 4) is 11.5 Å². The smallest absolute Gasteiger partial charge is 0.233 e. The maximum Gasteiger partial charge on any atom is 0.233 e. The Morgan fingerprint density at radius 2 is 1.93 bits per heavy atom. The van der Waals surface area contributed by atoms with Gasteiger partial charge in [0, 0.05) is 27.9 Å². The van der Waals surface area contributed by atoms with E-state index in [-0.39, 0.29) is 11.2 Å². The molecule has 0 saturated heterocycles. The van der Waals surface area contributed by atoms with Crippen LogP contribution in [-0.2, 0) is 17.1 Å². The highest BCUT2D eigenvalue weighted by atomic mass is 35.5. The summed E-state index contributed by atoms with van der Waals surface area (Å²) in [4.78, 5) is 16.7. The molecule has 1 amide bonds. The molecule has 7 heteroatoms. The van der Waals surface area contributed by atoms with Crippen molar-refractivity contribution in [3.63, 3.8) is 0 Å². The summed E-state index contributed by atoms with van der Waals surface area (Å²) >= 11 is 13.5. The fourth-order valence-corrected chi connectivity index (χ4v) is 3.47. The van der Waals surface area contributed by atoms with E-state index in [0.29, 0.717) is 28.2 Å². The van der Waals surface area contributed by atoms with Gasteiger partial charge >= 0.3 is 0 Å². The second-order valence-electron chi connectivity index (χ2n) is 5.91. The SMILES string of the molecule is C[C@H](SCc1coc(-c2ccc(Cl)cc2)n1)C(=O)NCc1ccccc1Cl. The van der Waals surface area contributed by atoms with Crippen molar-refractivity contribution in [3.05, 3.63) is 76.1 Å². The van der Waals surface area contributed by atoms with Crippen molar-refractivity contribution in [1.29, 1.82) is 0 Å². The van der Waals surface area contributed by atoms with Gasteiger partial charge in [0.05, 0.1) is 10.9 Å². The quantitative estimate of drug-likeness (QED) is 0.541. The first-order chi connectivity index (χ1) is 13.0. The summed E-state index contributed by atoms with van der Waals surface area (Å²) in [5, 5.41) is 4.01. The maximum atomic E-state index is 12.3. The lowest BCUT2D eigenvalue weighted by Gasteiger charge is -2.12. The highest BCUT2D eigenvalue weighted by Gasteiger charge is 2.15. The molecule has 2 aromatic carbocycles. The predicted molar refractivity (Wildman–Crippen MR) is 111 cm³/mol. The van der Waals surface area contributed by atoms with Crippen LogP contribution in [0.1, 0.15) is 18.2 Å². The summed E-state index contributed by atoms with van der Waals surface area (Å²) in [6, 6.07) is 14.8. The van der Waals surface area contributed by atoms with Gasteiger partial charge in [-0.15, -0.1) is 11.8 Å². The number of hydrogen-bond acceptors (Lipinski definition) is 4. The molecule has 0 unspecified atom stereocenters. The summed E-state index contributed by atoms with van der Waals surface area (Å²) in [6.07, 6.45) is 1.62. The summed E-state index contributed by atoms with van der Waals surface area (Å²) in [5.41, 5.74) is 2.55. The molecule has 0 aliphatic rings. The van der Waals surface area contributed by atoms with E-state index in [1.807, 2.05) is 43.3 Å². The van der Waals surface area contributed by atoms with Crippen molar-refractivity contribution in [2.45, 2.75) is 24.5 Å². The second kappa shape index (κ2) is 9.31. The first kappa shape index (κ1) is 19.8. The van der Waals surface area contributed by atoms with Crippen LogP contribution >= 0.6 is 35.0 Å². The Morgan fingerprint density at radius 1 is 1.19 bits per heavy atom. The number of nitrogens with zero attached hydrogens (tertiary/aromatic N) is 1. The molecule has 0 saturated carbocycles. The van der Waals surface area contributed by atoms with Crippen LogP contribution in [0.15, 0.2) is 59.2 Å². The number of nitrogens with one attached hydrogen (secondary N) is 1. The van der Waals surface area contributed by atoms with Gasteiger partial charge in [0.1, 0.15) is 6.26 Å². The van der Waals surface area contributed by atoms with Crippen LogP contribution in [0.2, 0.25) is 10.0 Å². The van der Waals surface area contributed by atoms with Gasteiger partial charge in [-0.2, -0.15) is 0 Å². The maximum absolute atomic E-state index is 12.3. The van der Waals surface area contributed by atoms with Crippen LogP contribution < -0.4 is 5.32 Å². The van der Waals surface area contributed by atoms with Crippen molar-refractivity contribution in [2.24, 2.45) is 0 Å². The largest absolute Gasteiger partial charge is 0.444 e. The zero-order valence-corrected chi connectivity index (χ0v) is 16.9. The first-order valence-corrected chi connectivity index (χ1v) is 10.2. The van der Waals surface area contributed by atoms with Gasteiger partial charge in [-0.05, 0) is 42.8 Å². The van der Waals surface area contributed by atoms with E-state index in [1.54, 1.807) is 18.4 Å². The molecule has 0 radical (unpaired) electrons. The molecule has 140 valence electrons. The van der Waals surface area contributed by atoms with Crippen LogP contribution in [0.3, 0.4) is 0 Å². The summed E-state index contributed by atoms with van der Waals surface area (Å²) < 4.78 is 5.52. The average molecular weight is 421 g/mol.